The number of hydrogen-bond acceptors (Lipinski definition) is 6. The summed E-state index contributed by atoms with van der Waals surface area (Å²) in [6.07, 6.45) is 1.76. The number of carbonyl (C=O) groups excluding carboxylic acids is 1. The lowest BCUT2D eigenvalue weighted by atomic mass is 10.1. The van der Waals surface area contributed by atoms with E-state index >= 15 is 0 Å². The number of aromatic nitrogens is 1. The number of nitrogens with zero attached hydrogens (tertiary/aromatic N) is 1. The summed E-state index contributed by atoms with van der Waals surface area (Å²) in [6.45, 7) is 0. The zero-order valence-corrected chi connectivity index (χ0v) is 15.4. The van der Waals surface area contributed by atoms with Crippen LogP contribution in [-0.4, -0.2) is 32.2 Å². The van der Waals surface area contributed by atoms with Gasteiger partial charge < -0.3 is 19.5 Å². The van der Waals surface area contributed by atoms with Gasteiger partial charge in [0.15, 0.2) is 11.5 Å². The number of nitrogens with one attached hydrogen (secondary N) is 1. The number of methoxy groups -OCH3 is 3. The largest absolute Gasteiger partial charge is 0.493 e. The number of ether oxygens (including phenoxy) is 3. The summed E-state index contributed by atoms with van der Waals surface area (Å²) in [6, 6.07) is 10.7. The molecule has 0 atom stereocenters. The van der Waals surface area contributed by atoms with E-state index in [1.54, 1.807) is 29.7 Å². The molecule has 2 aromatic carbocycles. The van der Waals surface area contributed by atoms with Crippen LogP contribution in [0.15, 0.2) is 48.0 Å². The number of rotatable bonds is 6. The van der Waals surface area contributed by atoms with Crippen LogP contribution < -0.4 is 19.5 Å². The molecule has 134 valence electrons. The third-order valence-electron chi connectivity index (χ3n) is 3.75. The van der Waals surface area contributed by atoms with E-state index in [0.29, 0.717) is 28.5 Å². The van der Waals surface area contributed by atoms with Crippen molar-refractivity contribution >= 4 is 22.9 Å². The molecule has 7 heteroatoms. The Bertz CT molecular complexity index is 867. The molecule has 1 N–H and O–H groups in total. The maximum Gasteiger partial charge on any atom is 0.255 e. The lowest BCUT2D eigenvalue weighted by Crippen LogP contribution is -2.12. The molecule has 3 aromatic rings. The van der Waals surface area contributed by atoms with Gasteiger partial charge >= 0.3 is 0 Å². The molecular formula is C19H18N2O4S. The minimum atomic E-state index is -0.272. The SMILES string of the molecule is COc1cc(C(=O)Nc2ccc(-c3nccs3)cc2)cc(OC)c1OC. The molecule has 1 amide bonds. The highest BCUT2D eigenvalue weighted by atomic mass is 32.1. The van der Waals surface area contributed by atoms with Gasteiger partial charge in [0.1, 0.15) is 5.01 Å². The van der Waals surface area contributed by atoms with Crippen LogP contribution in [0, 0.1) is 0 Å². The second-order valence-corrected chi connectivity index (χ2v) is 6.18. The Morgan fingerprint density at radius 1 is 1.00 bits per heavy atom. The second kappa shape index (κ2) is 7.88. The number of carbonyl (C=O) groups is 1. The van der Waals surface area contributed by atoms with Crippen LogP contribution in [0.3, 0.4) is 0 Å². The van der Waals surface area contributed by atoms with Crippen molar-refractivity contribution in [2.45, 2.75) is 0 Å². The fraction of sp³-hybridized carbons (Fsp3) is 0.158. The Kier molecular flexibility index (Phi) is 5.38. The first kappa shape index (κ1) is 17.8. The predicted octanol–water partition coefficient (Wildman–Crippen LogP) is 4.09. The molecule has 6 nitrogen and oxygen atoms in total. The summed E-state index contributed by atoms with van der Waals surface area (Å²) >= 11 is 1.57. The summed E-state index contributed by atoms with van der Waals surface area (Å²) < 4.78 is 15.8. The molecule has 0 saturated heterocycles. The highest BCUT2D eigenvalue weighted by Gasteiger charge is 2.17. The quantitative estimate of drug-likeness (QED) is 0.708. The summed E-state index contributed by atoms with van der Waals surface area (Å²) in [5.74, 6) is 1.03. The van der Waals surface area contributed by atoms with Gasteiger partial charge in [-0.05, 0) is 36.4 Å². The van der Waals surface area contributed by atoms with E-state index in [1.807, 2.05) is 29.6 Å². The van der Waals surface area contributed by atoms with Gasteiger partial charge in [-0.1, -0.05) is 0 Å². The molecule has 0 aliphatic rings. The molecule has 0 aliphatic heterocycles. The van der Waals surface area contributed by atoms with Gasteiger partial charge in [-0.3, -0.25) is 4.79 Å². The monoisotopic (exact) mass is 370 g/mol. The van der Waals surface area contributed by atoms with Gasteiger partial charge in [-0.25, -0.2) is 4.98 Å². The average Bonchev–Trinajstić information content (AvgIpc) is 3.22. The van der Waals surface area contributed by atoms with E-state index in [1.165, 1.54) is 21.3 Å². The topological polar surface area (TPSA) is 69.7 Å². The van der Waals surface area contributed by atoms with Crippen molar-refractivity contribution in [1.29, 1.82) is 0 Å². The number of amides is 1. The maximum absolute atomic E-state index is 12.6. The minimum Gasteiger partial charge on any atom is -0.493 e. The van der Waals surface area contributed by atoms with Gasteiger partial charge in [-0.2, -0.15) is 0 Å². The van der Waals surface area contributed by atoms with Crippen LogP contribution >= 0.6 is 11.3 Å². The first-order valence-electron chi connectivity index (χ1n) is 7.77. The average molecular weight is 370 g/mol. The Morgan fingerprint density at radius 3 is 2.15 bits per heavy atom. The Morgan fingerprint density at radius 2 is 1.65 bits per heavy atom. The molecule has 1 aromatic heterocycles. The summed E-state index contributed by atoms with van der Waals surface area (Å²) in [5.41, 5.74) is 2.10. The smallest absolute Gasteiger partial charge is 0.255 e. The number of benzene rings is 2. The first-order valence-corrected chi connectivity index (χ1v) is 8.65. The van der Waals surface area contributed by atoms with Crippen molar-refractivity contribution in [1.82, 2.24) is 4.98 Å². The Balaban J connectivity index is 1.81. The van der Waals surface area contributed by atoms with Crippen molar-refractivity contribution < 1.29 is 19.0 Å². The van der Waals surface area contributed by atoms with Gasteiger partial charge in [0.05, 0.1) is 21.3 Å². The van der Waals surface area contributed by atoms with Gasteiger partial charge in [0.25, 0.3) is 5.91 Å². The van der Waals surface area contributed by atoms with Crippen molar-refractivity contribution in [3.8, 4) is 27.8 Å². The normalized spacial score (nSPS) is 10.3. The van der Waals surface area contributed by atoms with Crippen LogP contribution in [-0.2, 0) is 0 Å². The van der Waals surface area contributed by atoms with Crippen molar-refractivity contribution in [2.24, 2.45) is 0 Å². The van der Waals surface area contributed by atoms with E-state index in [4.69, 9.17) is 14.2 Å². The highest BCUT2D eigenvalue weighted by molar-refractivity contribution is 7.13. The zero-order valence-electron chi connectivity index (χ0n) is 14.6. The number of thiazole rings is 1. The fourth-order valence-corrected chi connectivity index (χ4v) is 3.12. The summed E-state index contributed by atoms with van der Waals surface area (Å²) in [4.78, 5) is 16.9. The van der Waals surface area contributed by atoms with Crippen molar-refractivity contribution in [2.75, 3.05) is 26.6 Å². The lowest BCUT2D eigenvalue weighted by molar-refractivity contribution is 0.102. The molecule has 26 heavy (non-hydrogen) atoms. The third kappa shape index (κ3) is 3.62. The van der Waals surface area contributed by atoms with Crippen LogP contribution in [0.25, 0.3) is 10.6 Å². The van der Waals surface area contributed by atoms with Crippen molar-refractivity contribution in [3.05, 3.63) is 53.5 Å². The Labute approximate surface area is 155 Å². The van der Waals surface area contributed by atoms with Crippen LogP contribution in [0.4, 0.5) is 5.69 Å². The predicted molar refractivity (Wildman–Crippen MR) is 102 cm³/mol. The molecule has 0 unspecified atom stereocenters. The van der Waals surface area contributed by atoms with Gasteiger partial charge in [-0.15, -0.1) is 11.3 Å². The lowest BCUT2D eigenvalue weighted by Gasteiger charge is -2.14. The minimum absolute atomic E-state index is 0.272. The molecule has 0 fully saturated rings. The van der Waals surface area contributed by atoms with Crippen LogP contribution in [0.1, 0.15) is 10.4 Å². The highest BCUT2D eigenvalue weighted by Crippen LogP contribution is 2.38. The molecular weight excluding hydrogens is 352 g/mol. The first-order chi connectivity index (χ1) is 12.7. The number of anilines is 1. The van der Waals surface area contributed by atoms with E-state index in [9.17, 15) is 4.79 Å². The zero-order chi connectivity index (χ0) is 18.5. The van der Waals surface area contributed by atoms with Crippen molar-refractivity contribution in [3.63, 3.8) is 0 Å². The second-order valence-electron chi connectivity index (χ2n) is 5.28. The number of hydrogen-bond donors (Lipinski definition) is 1. The van der Waals surface area contributed by atoms with Gasteiger partial charge in [0.2, 0.25) is 5.75 Å². The standard InChI is InChI=1S/C19H18N2O4S/c1-23-15-10-13(11-16(24-2)17(15)25-3)18(22)21-14-6-4-12(5-7-14)19-20-8-9-26-19/h4-11H,1-3H3,(H,21,22). The van der Waals surface area contributed by atoms with E-state index in [2.05, 4.69) is 10.3 Å². The molecule has 3 rings (SSSR count). The fourth-order valence-electron chi connectivity index (χ4n) is 2.48. The molecule has 1 heterocycles. The Hall–Kier alpha value is -3.06. The van der Waals surface area contributed by atoms with E-state index in [-0.39, 0.29) is 5.91 Å². The molecule has 0 radical (unpaired) electrons. The summed E-state index contributed by atoms with van der Waals surface area (Å²) in [5, 5.41) is 5.73. The molecule has 0 bridgehead atoms. The summed E-state index contributed by atoms with van der Waals surface area (Å²) in [7, 11) is 4.54. The van der Waals surface area contributed by atoms with Gasteiger partial charge in [0, 0.05) is 28.4 Å². The maximum atomic E-state index is 12.6. The third-order valence-corrected chi connectivity index (χ3v) is 4.57. The van der Waals surface area contributed by atoms with E-state index < -0.39 is 0 Å². The molecule has 0 saturated carbocycles. The van der Waals surface area contributed by atoms with E-state index in [0.717, 1.165) is 10.6 Å². The molecule has 0 spiro atoms. The van der Waals surface area contributed by atoms with Crippen LogP contribution in [0.5, 0.6) is 17.2 Å². The van der Waals surface area contributed by atoms with Crippen LogP contribution in [0.2, 0.25) is 0 Å². The molecule has 0 aliphatic carbocycles.